The number of carbonyl (C=O) groups excluding carboxylic acids is 3. The molecule has 1 saturated heterocycles. The van der Waals surface area contributed by atoms with Gasteiger partial charge in [0.05, 0.1) is 0 Å². The van der Waals surface area contributed by atoms with Gasteiger partial charge >= 0.3 is 6.03 Å². The number of rotatable bonds is 7. The predicted molar refractivity (Wildman–Crippen MR) is 120 cm³/mol. The molecule has 7 nitrogen and oxygen atoms in total. The normalized spacial score (nSPS) is 23.9. The van der Waals surface area contributed by atoms with Gasteiger partial charge in [-0.2, -0.15) is 0 Å². The first-order chi connectivity index (χ1) is 14.9. The van der Waals surface area contributed by atoms with Crippen LogP contribution in [0.3, 0.4) is 0 Å². The second-order valence-electron chi connectivity index (χ2n) is 8.72. The highest BCUT2D eigenvalue weighted by molar-refractivity contribution is 6.31. The lowest BCUT2D eigenvalue weighted by Crippen LogP contribution is -2.41. The van der Waals surface area contributed by atoms with E-state index in [4.69, 9.17) is 11.6 Å². The third-order valence-electron chi connectivity index (χ3n) is 6.56. The maximum Gasteiger partial charge on any atom is 0.324 e. The summed E-state index contributed by atoms with van der Waals surface area (Å²) in [7, 11) is 0. The molecule has 0 unspecified atom stereocenters. The predicted octanol–water partition coefficient (Wildman–Crippen LogP) is 3.76. The molecule has 2 heterocycles. The summed E-state index contributed by atoms with van der Waals surface area (Å²) in [6.07, 6.45) is 7.48. The van der Waals surface area contributed by atoms with Crippen molar-refractivity contribution >= 4 is 40.3 Å². The van der Waals surface area contributed by atoms with Crippen molar-refractivity contribution in [1.82, 2.24) is 20.5 Å². The van der Waals surface area contributed by atoms with E-state index in [0.717, 1.165) is 35.7 Å². The van der Waals surface area contributed by atoms with Crippen molar-refractivity contribution in [3.05, 3.63) is 35.0 Å². The van der Waals surface area contributed by atoms with Crippen LogP contribution in [0, 0.1) is 5.92 Å². The van der Waals surface area contributed by atoms with Crippen molar-refractivity contribution in [3.8, 4) is 0 Å². The minimum Gasteiger partial charge on any atom is -0.361 e. The van der Waals surface area contributed by atoms with Crippen LogP contribution in [0.5, 0.6) is 0 Å². The molecule has 4 rings (SSSR count). The van der Waals surface area contributed by atoms with Crippen LogP contribution >= 0.6 is 11.6 Å². The molecule has 3 N–H and O–H groups in total. The Morgan fingerprint density at radius 1 is 1.26 bits per heavy atom. The van der Waals surface area contributed by atoms with Gasteiger partial charge in [-0.05, 0) is 55.4 Å². The zero-order valence-electron chi connectivity index (χ0n) is 17.7. The van der Waals surface area contributed by atoms with Gasteiger partial charge in [-0.1, -0.05) is 31.4 Å². The lowest BCUT2D eigenvalue weighted by atomic mass is 9.86. The summed E-state index contributed by atoms with van der Waals surface area (Å²) >= 11 is 6.09. The summed E-state index contributed by atoms with van der Waals surface area (Å²) in [4.78, 5) is 41.9. The van der Waals surface area contributed by atoms with Crippen molar-refractivity contribution in [2.24, 2.45) is 5.92 Å². The number of nitrogens with zero attached hydrogens (tertiary/aromatic N) is 1. The van der Waals surface area contributed by atoms with E-state index in [9.17, 15) is 14.4 Å². The van der Waals surface area contributed by atoms with Gasteiger partial charge in [0.2, 0.25) is 5.91 Å². The summed E-state index contributed by atoms with van der Waals surface area (Å²) < 4.78 is 0. The van der Waals surface area contributed by atoms with Crippen LogP contribution in [0.2, 0.25) is 5.02 Å². The standard InChI is InChI=1S/C23H29ClN4O3/c1-14-4-2-3-5-18(14)26-21(29)9-8-20-22(30)28(23(31)27-20)11-10-15-13-25-19-7-6-16(24)12-17(15)19/h6-7,12-14,18,20,25H,2-5,8-11H2,1H3,(H,26,29)(H,27,31)/t14-,18-,20-/m0/s1. The van der Waals surface area contributed by atoms with Gasteiger partial charge in [-0.25, -0.2) is 4.79 Å². The van der Waals surface area contributed by atoms with E-state index < -0.39 is 12.1 Å². The van der Waals surface area contributed by atoms with Crippen LogP contribution in [0.15, 0.2) is 24.4 Å². The molecule has 4 amide bonds. The summed E-state index contributed by atoms with van der Waals surface area (Å²) in [5.41, 5.74) is 1.97. The molecule has 0 radical (unpaired) electrons. The lowest BCUT2D eigenvalue weighted by molar-refractivity contribution is -0.127. The highest BCUT2D eigenvalue weighted by Crippen LogP contribution is 2.25. The summed E-state index contributed by atoms with van der Waals surface area (Å²) in [6, 6.07) is 4.79. The first kappa shape index (κ1) is 21.7. The fourth-order valence-electron chi connectivity index (χ4n) is 4.66. The molecule has 2 aliphatic rings. The Morgan fingerprint density at radius 3 is 2.87 bits per heavy atom. The van der Waals surface area contributed by atoms with Crippen LogP contribution in [0.25, 0.3) is 10.9 Å². The Morgan fingerprint density at radius 2 is 2.06 bits per heavy atom. The van der Waals surface area contributed by atoms with Gasteiger partial charge in [0.25, 0.3) is 5.91 Å². The van der Waals surface area contributed by atoms with Gasteiger partial charge < -0.3 is 15.6 Å². The van der Waals surface area contributed by atoms with Gasteiger partial charge in [-0.15, -0.1) is 0 Å². The highest BCUT2D eigenvalue weighted by atomic mass is 35.5. The maximum atomic E-state index is 12.7. The third-order valence-corrected chi connectivity index (χ3v) is 6.79. The van der Waals surface area contributed by atoms with E-state index in [-0.39, 0.29) is 30.8 Å². The van der Waals surface area contributed by atoms with E-state index in [1.54, 1.807) is 0 Å². The second-order valence-corrected chi connectivity index (χ2v) is 9.16. The number of hydrogen-bond acceptors (Lipinski definition) is 3. The second kappa shape index (κ2) is 9.30. The fraction of sp³-hybridized carbons (Fsp3) is 0.522. The number of aromatic amines is 1. The molecule has 0 bridgehead atoms. The van der Waals surface area contributed by atoms with Crippen molar-refractivity contribution in [2.75, 3.05) is 6.54 Å². The number of urea groups is 1. The quantitative estimate of drug-likeness (QED) is 0.567. The van der Waals surface area contributed by atoms with Crippen molar-refractivity contribution < 1.29 is 14.4 Å². The number of amides is 4. The van der Waals surface area contributed by atoms with Gasteiger partial charge in [-0.3, -0.25) is 14.5 Å². The molecule has 2 fully saturated rings. The highest BCUT2D eigenvalue weighted by Gasteiger charge is 2.37. The van der Waals surface area contributed by atoms with E-state index in [0.29, 0.717) is 23.8 Å². The number of hydrogen-bond donors (Lipinski definition) is 3. The molecule has 1 aliphatic heterocycles. The summed E-state index contributed by atoms with van der Waals surface area (Å²) in [5, 5.41) is 7.46. The van der Waals surface area contributed by atoms with Gasteiger partial charge in [0.1, 0.15) is 6.04 Å². The minimum atomic E-state index is -0.639. The number of fused-ring (bicyclic) bond motifs is 1. The molecule has 1 aliphatic carbocycles. The first-order valence-electron chi connectivity index (χ1n) is 11.1. The smallest absolute Gasteiger partial charge is 0.324 e. The molecule has 31 heavy (non-hydrogen) atoms. The van der Waals surface area contributed by atoms with Crippen LogP contribution in [0.4, 0.5) is 4.79 Å². The number of benzene rings is 1. The van der Waals surface area contributed by atoms with Crippen molar-refractivity contribution in [1.29, 1.82) is 0 Å². The van der Waals surface area contributed by atoms with Crippen LogP contribution in [-0.2, 0) is 16.0 Å². The zero-order chi connectivity index (χ0) is 22.0. The van der Waals surface area contributed by atoms with E-state index in [1.807, 2.05) is 24.4 Å². The molecule has 8 heteroatoms. The number of halogens is 1. The molecule has 1 aromatic heterocycles. The van der Waals surface area contributed by atoms with Gasteiger partial charge in [0, 0.05) is 41.1 Å². The maximum absolute atomic E-state index is 12.7. The molecule has 1 saturated carbocycles. The summed E-state index contributed by atoms with van der Waals surface area (Å²) in [5.74, 6) is 0.178. The summed E-state index contributed by atoms with van der Waals surface area (Å²) in [6.45, 7) is 2.46. The molecular formula is C23H29ClN4O3. The van der Waals surface area contributed by atoms with Crippen LogP contribution < -0.4 is 10.6 Å². The number of carbonyl (C=O) groups is 3. The third kappa shape index (κ3) is 4.87. The molecular weight excluding hydrogens is 416 g/mol. The SMILES string of the molecule is C[C@H]1CCCC[C@@H]1NC(=O)CC[C@@H]1NC(=O)N(CCc2c[nH]c3ccc(Cl)cc23)C1=O. The molecule has 3 atom stereocenters. The van der Waals surface area contributed by atoms with Crippen LogP contribution in [-0.4, -0.2) is 46.4 Å². The largest absolute Gasteiger partial charge is 0.361 e. The Bertz CT molecular complexity index is 988. The number of nitrogens with one attached hydrogen (secondary N) is 3. The molecule has 166 valence electrons. The first-order valence-corrected chi connectivity index (χ1v) is 11.5. The Balaban J connectivity index is 1.29. The van der Waals surface area contributed by atoms with Crippen molar-refractivity contribution in [2.45, 2.75) is 64.0 Å². The topological polar surface area (TPSA) is 94.3 Å². The zero-order valence-corrected chi connectivity index (χ0v) is 18.5. The Hall–Kier alpha value is -2.54. The monoisotopic (exact) mass is 444 g/mol. The van der Waals surface area contributed by atoms with E-state index >= 15 is 0 Å². The lowest BCUT2D eigenvalue weighted by Gasteiger charge is -2.29. The van der Waals surface area contributed by atoms with Crippen LogP contribution in [0.1, 0.15) is 51.0 Å². The van der Waals surface area contributed by atoms with Crippen molar-refractivity contribution in [3.63, 3.8) is 0 Å². The average Bonchev–Trinajstić information content (AvgIpc) is 3.26. The number of H-pyrrole nitrogens is 1. The molecule has 2 aromatic rings. The number of imide groups is 1. The Labute approximate surface area is 186 Å². The average molecular weight is 445 g/mol. The van der Waals surface area contributed by atoms with E-state index in [2.05, 4.69) is 22.5 Å². The molecule has 0 spiro atoms. The Kier molecular flexibility index (Phi) is 6.51. The number of aromatic nitrogens is 1. The molecule has 1 aromatic carbocycles. The van der Waals surface area contributed by atoms with Gasteiger partial charge in [0.15, 0.2) is 0 Å². The minimum absolute atomic E-state index is 0.0464. The fourth-order valence-corrected chi connectivity index (χ4v) is 4.83. The van der Waals surface area contributed by atoms with E-state index in [1.165, 1.54) is 11.3 Å².